The second-order valence-electron chi connectivity index (χ2n) is 6.39. The minimum absolute atomic E-state index is 0.0470. The molecule has 0 unspecified atom stereocenters. The summed E-state index contributed by atoms with van der Waals surface area (Å²) in [6.07, 6.45) is 0. The molecular weight excluding hydrogens is 458 g/mol. The van der Waals surface area contributed by atoms with Crippen molar-refractivity contribution in [1.82, 2.24) is 0 Å². The maximum Gasteiger partial charge on any atom is 0.238 e. The number of halogens is 2. The largest absolute Gasteiger partial charge is 0.489 e. The highest BCUT2D eigenvalue weighted by atomic mass is 79.9. The van der Waals surface area contributed by atoms with E-state index in [1.165, 1.54) is 0 Å². The van der Waals surface area contributed by atoms with E-state index in [0.29, 0.717) is 17.4 Å². The molecule has 1 saturated heterocycles. The monoisotopic (exact) mass is 473 g/mol. The Morgan fingerprint density at radius 1 is 1.00 bits per heavy atom. The maximum atomic E-state index is 12.4. The molecule has 1 aliphatic heterocycles. The van der Waals surface area contributed by atoms with Crippen LogP contribution in [0, 0.1) is 0 Å². The molecule has 0 spiro atoms. The van der Waals surface area contributed by atoms with E-state index in [-0.39, 0.29) is 11.3 Å². The first-order valence-electron chi connectivity index (χ1n) is 8.76. The zero-order valence-corrected chi connectivity index (χ0v) is 18.0. The Hall–Kier alpha value is -1.95. The van der Waals surface area contributed by atoms with Gasteiger partial charge < -0.3 is 4.74 Å². The van der Waals surface area contributed by atoms with Crippen LogP contribution >= 0.6 is 39.3 Å². The number of ether oxygens (including phenoxy) is 1. The lowest BCUT2D eigenvalue weighted by Crippen LogP contribution is -2.27. The molecule has 0 saturated carbocycles. The van der Waals surface area contributed by atoms with Crippen LogP contribution in [0.15, 0.2) is 77.3 Å². The lowest BCUT2D eigenvalue weighted by molar-refractivity contribution is -0.115. The van der Waals surface area contributed by atoms with Crippen LogP contribution in [-0.2, 0) is 11.4 Å². The zero-order valence-electron chi connectivity index (χ0n) is 14.8. The third-order valence-corrected chi connectivity index (χ3v) is 6.45. The van der Waals surface area contributed by atoms with E-state index in [1.54, 1.807) is 11.8 Å². The third-order valence-electron chi connectivity index (χ3n) is 4.46. The van der Waals surface area contributed by atoms with Crippen LogP contribution in [0.2, 0.25) is 5.02 Å². The molecule has 0 aromatic heterocycles. The van der Waals surface area contributed by atoms with E-state index in [1.807, 2.05) is 77.7 Å². The first-order chi connectivity index (χ1) is 13.6. The normalized spacial score (nSPS) is 16.4. The Kier molecular flexibility index (Phi) is 5.95. The average molecular weight is 475 g/mol. The number of amides is 1. The number of carbonyl (C=O) groups is 1. The molecule has 1 amide bonds. The van der Waals surface area contributed by atoms with Crippen molar-refractivity contribution >= 4 is 50.9 Å². The molecular formula is C22H17BrClNO2S. The lowest BCUT2D eigenvalue weighted by atomic mass is 10.1. The van der Waals surface area contributed by atoms with Crippen molar-refractivity contribution in [3.05, 3.63) is 93.4 Å². The van der Waals surface area contributed by atoms with Crippen LogP contribution in [-0.4, -0.2) is 11.7 Å². The highest BCUT2D eigenvalue weighted by Gasteiger charge is 2.33. The maximum absolute atomic E-state index is 12.4. The standard InChI is InChI=1S/C22H17BrClNO2S/c23-17-5-1-15(2-6-17)13-27-20-11-3-16(4-12-20)22-25(21(26)14-28-22)19-9-7-18(24)8-10-19/h1-12,22H,13-14H2/t22-/m0/s1. The summed E-state index contributed by atoms with van der Waals surface area (Å²) in [5.41, 5.74) is 3.04. The molecule has 1 aliphatic rings. The highest BCUT2D eigenvalue weighted by molar-refractivity contribution is 9.10. The molecule has 3 aromatic carbocycles. The SMILES string of the molecule is O=C1CS[C@@H](c2ccc(OCc3ccc(Br)cc3)cc2)N1c1ccc(Cl)cc1. The Morgan fingerprint density at radius 3 is 2.36 bits per heavy atom. The van der Waals surface area contributed by atoms with Crippen LogP contribution in [0.5, 0.6) is 5.75 Å². The Bertz CT molecular complexity index is 961. The van der Waals surface area contributed by atoms with E-state index >= 15 is 0 Å². The van der Waals surface area contributed by atoms with Gasteiger partial charge in [-0.05, 0) is 59.7 Å². The van der Waals surface area contributed by atoms with Gasteiger partial charge in [-0.3, -0.25) is 9.69 Å². The molecule has 0 N–H and O–H groups in total. The van der Waals surface area contributed by atoms with Gasteiger partial charge in [-0.15, -0.1) is 11.8 Å². The summed E-state index contributed by atoms with van der Waals surface area (Å²) in [6, 6.07) is 23.4. The smallest absolute Gasteiger partial charge is 0.238 e. The van der Waals surface area contributed by atoms with E-state index < -0.39 is 0 Å². The van der Waals surface area contributed by atoms with Crippen LogP contribution in [0.25, 0.3) is 0 Å². The Balaban J connectivity index is 1.47. The molecule has 0 aliphatic carbocycles. The first kappa shape index (κ1) is 19.4. The third kappa shape index (κ3) is 4.37. The number of carbonyl (C=O) groups excluding carboxylic acids is 1. The number of hydrogen-bond donors (Lipinski definition) is 0. The van der Waals surface area contributed by atoms with E-state index in [9.17, 15) is 4.79 Å². The second kappa shape index (κ2) is 8.60. The van der Waals surface area contributed by atoms with Gasteiger partial charge in [0.25, 0.3) is 0 Å². The molecule has 28 heavy (non-hydrogen) atoms. The number of benzene rings is 3. The van der Waals surface area contributed by atoms with E-state index in [4.69, 9.17) is 16.3 Å². The summed E-state index contributed by atoms with van der Waals surface area (Å²) in [7, 11) is 0. The Morgan fingerprint density at radius 2 is 1.68 bits per heavy atom. The zero-order chi connectivity index (χ0) is 19.5. The average Bonchev–Trinajstić information content (AvgIpc) is 3.10. The topological polar surface area (TPSA) is 29.5 Å². The van der Waals surface area contributed by atoms with Gasteiger partial charge in [0.1, 0.15) is 17.7 Å². The van der Waals surface area contributed by atoms with Crippen LogP contribution in [0.4, 0.5) is 5.69 Å². The van der Waals surface area contributed by atoms with Crippen molar-refractivity contribution < 1.29 is 9.53 Å². The predicted octanol–water partition coefficient (Wildman–Crippen LogP) is 6.46. The van der Waals surface area contributed by atoms with Gasteiger partial charge in [0, 0.05) is 15.2 Å². The van der Waals surface area contributed by atoms with Gasteiger partial charge >= 0.3 is 0 Å². The van der Waals surface area contributed by atoms with Gasteiger partial charge in [-0.1, -0.05) is 51.8 Å². The molecule has 1 heterocycles. The van der Waals surface area contributed by atoms with E-state index in [2.05, 4.69) is 15.9 Å². The predicted molar refractivity (Wildman–Crippen MR) is 119 cm³/mol. The minimum atomic E-state index is -0.0470. The number of thioether (sulfide) groups is 1. The van der Waals surface area contributed by atoms with E-state index in [0.717, 1.165) is 27.0 Å². The number of nitrogens with zero attached hydrogens (tertiary/aromatic N) is 1. The van der Waals surface area contributed by atoms with Crippen molar-refractivity contribution in [2.45, 2.75) is 12.0 Å². The van der Waals surface area contributed by atoms with Gasteiger partial charge in [-0.2, -0.15) is 0 Å². The summed E-state index contributed by atoms with van der Waals surface area (Å²) >= 11 is 11.0. The molecule has 0 radical (unpaired) electrons. The molecule has 1 atom stereocenters. The van der Waals surface area contributed by atoms with Crippen molar-refractivity contribution in [1.29, 1.82) is 0 Å². The summed E-state index contributed by atoms with van der Waals surface area (Å²) < 4.78 is 6.93. The van der Waals surface area contributed by atoms with Gasteiger partial charge in [0.05, 0.1) is 5.75 Å². The summed E-state index contributed by atoms with van der Waals surface area (Å²) in [5.74, 6) is 1.38. The molecule has 1 fully saturated rings. The number of hydrogen-bond acceptors (Lipinski definition) is 3. The molecule has 6 heteroatoms. The van der Waals surface area contributed by atoms with Crippen LogP contribution in [0.3, 0.4) is 0 Å². The number of anilines is 1. The number of rotatable bonds is 5. The van der Waals surface area contributed by atoms with Gasteiger partial charge in [0.2, 0.25) is 5.91 Å². The fraction of sp³-hybridized carbons (Fsp3) is 0.136. The highest BCUT2D eigenvalue weighted by Crippen LogP contribution is 2.42. The fourth-order valence-electron chi connectivity index (χ4n) is 3.03. The van der Waals surface area contributed by atoms with Crippen molar-refractivity contribution in [3.8, 4) is 5.75 Å². The van der Waals surface area contributed by atoms with Crippen molar-refractivity contribution in [2.24, 2.45) is 0 Å². The summed E-state index contributed by atoms with van der Waals surface area (Å²) in [6.45, 7) is 0.514. The molecule has 3 aromatic rings. The first-order valence-corrected chi connectivity index (χ1v) is 11.0. The van der Waals surface area contributed by atoms with Gasteiger partial charge in [-0.25, -0.2) is 0 Å². The van der Waals surface area contributed by atoms with Crippen molar-refractivity contribution in [3.63, 3.8) is 0 Å². The second-order valence-corrected chi connectivity index (χ2v) is 8.81. The Labute approximate surface area is 181 Å². The summed E-state index contributed by atoms with van der Waals surface area (Å²) in [5, 5.41) is 0.612. The quantitative estimate of drug-likeness (QED) is 0.425. The minimum Gasteiger partial charge on any atom is -0.489 e. The molecule has 3 nitrogen and oxygen atoms in total. The van der Waals surface area contributed by atoms with Crippen LogP contribution in [0.1, 0.15) is 16.5 Å². The molecule has 0 bridgehead atoms. The summed E-state index contributed by atoms with van der Waals surface area (Å²) in [4.78, 5) is 14.3. The molecule has 142 valence electrons. The van der Waals surface area contributed by atoms with Crippen LogP contribution < -0.4 is 9.64 Å². The lowest BCUT2D eigenvalue weighted by Gasteiger charge is -2.24. The fourth-order valence-corrected chi connectivity index (χ4v) is 4.60. The molecule has 4 rings (SSSR count). The van der Waals surface area contributed by atoms with Crippen molar-refractivity contribution in [2.75, 3.05) is 10.7 Å². The van der Waals surface area contributed by atoms with Gasteiger partial charge in [0.15, 0.2) is 0 Å².